The lowest BCUT2D eigenvalue weighted by atomic mass is 10.1. The van der Waals surface area contributed by atoms with Crippen molar-refractivity contribution in [3.8, 4) is 0 Å². The van der Waals surface area contributed by atoms with E-state index in [1.54, 1.807) is 38.1 Å². The van der Waals surface area contributed by atoms with Gasteiger partial charge in [-0.3, -0.25) is 4.72 Å². The van der Waals surface area contributed by atoms with Gasteiger partial charge in [-0.05, 0) is 65.2 Å². The molecule has 5 nitrogen and oxygen atoms in total. The maximum atomic E-state index is 12.4. The number of anilines is 2. The maximum absolute atomic E-state index is 12.4. The van der Waals surface area contributed by atoms with Gasteiger partial charge in [-0.15, -0.1) is 0 Å². The van der Waals surface area contributed by atoms with Crippen molar-refractivity contribution in [1.82, 2.24) is 4.98 Å². The first-order chi connectivity index (χ1) is 9.29. The summed E-state index contributed by atoms with van der Waals surface area (Å²) in [6.45, 7) is 3.48. The minimum atomic E-state index is -3.71. The van der Waals surface area contributed by atoms with Gasteiger partial charge < -0.3 is 5.73 Å². The molecule has 0 aliphatic rings. The summed E-state index contributed by atoms with van der Waals surface area (Å²) in [5.41, 5.74) is 7.59. The molecule has 1 aromatic carbocycles. The van der Waals surface area contributed by atoms with Crippen molar-refractivity contribution in [1.29, 1.82) is 0 Å². The topological polar surface area (TPSA) is 85.1 Å². The van der Waals surface area contributed by atoms with Gasteiger partial charge in [0.15, 0.2) is 0 Å². The van der Waals surface area contributed by atoms with Crippen LogP contribution in [-0.2, 0) is 10.0 Å². The van der Waals surface area contributed by atoms with Gasteiger partial charge in [-0.2, -0.15) is 0 Å². The van der Waals surface area contributed by atoms with E-state index < -0.39 is 10.0 Å². The third-order valence-corrected chi connectivity index (χ3v) is 4.75. The molecule has 2 aromatic rings. The summed E-state index contributed by atoms with van der Waals surface area (Å²) in [5.74, 6) is 0.257. The van der Waals surface area contributed by atoms with Crippen LogP contribution in [0.1, 0.15) is 11.1 Å². The number of nitrogens with zero attached hydrogens (tertiary/aromatic N) is 1. The average molecular weight is 356 g/mol. The Kier molecular flexibility index (Phi) is 4.01. The van der Waals surface area contributed by atoms with Gasteiger partial charge in [-0.1, -0.05) is 0 Å². The first kappa shape index (κ1) is 14.8. The normalized spacial score (nSPS) is 11.3. The second kappa shape index (κ2) is 5.41. The zero-order valence-electron chi connectivity index (χ0n) is 11.0. The van der Waals surface area contributed by atoms with Crippen molar-refractivity contribution < 1.29 is 8.42 Å². The van der Waals surface area contributed by atoms with Crippen LogP contribution in [0.25, 0.3) is 0 Å². The van der Waals surface area contributed by atoms with Crippen LogP contribution in [0.4, 0.5) is 11.5 Å². The van der Waals surface area contributed by atoms with Gasteiger partial charge in [0.1, 0.15) is 5.82 Å². The van der Waals surface area contributed by atoms with Gasteiger partial charge >= 0.3 is 0 Å². The monoisotopic (exact) mass is 355 g/mol. The molecule has 0 saturated carbocycles. The molecule has 0 aliphatic heterocycles. The van der Waals surface area contributed by atoms with Crippen molar-refractivity contribution in [3.63, 3.8) is 0 Å². The molecule has 106 valence electrons. The smallest absolute Gasteiger partial charge is 0.263 e. The molecule has 1 aromatic heterocycles. The number of hydrogen-bond donors (Lipinski definition) is 2. The molecule has 3 N–H and O–H groups in total. The molecular formula is C13H14BrN3O2S. The lowest BCUT2D eigenvalue weighted by Crippen LogP contribution is -2.16. The molecule has 0 spiro atoms. The highest BCUT2D eigenvalue weighted by Gasteiger charge is 2.19. The predicted molar refractivity (Wildman–Crippen MR) is 83.1 cm³/mol. The van der Waals surface area contributed by atoms with E-state index in [2.05, 4.69) is 25.6 Å². The number of nitrogens with two attached hydrogens (primary N) is 1. The maximum Gasteiger partial charge on any atom is 0.263 e. The molecular weight excluding hydrogens is 342 g/mol. The minimum Gasteiger partial charge on any atom is -0.398 e. The van der Waals surface area contributed by atoms with E-state index in [-0.39, 0.29) is 10.7 Å². The molecule has 0 aliphatic carbocycles. The van der Waals surface area contributed by atoms with Gasteiger partial charge in [0.25, 0.3) is 10.0 Å². The highest BCUT2D eigenvalue weighted by molar-refractivity contribution is 9.10. The molecule has 0 saturated heterocycles. The Hall–Kier alpha value is -1.60. The number of sulfonamides is 1. The molecule has 0 radical (unpaired) electrons. The van der Waals surface area contributed by atoms with Crippen LogP contribution < -0.4 is 10.5 Å². The van der Waals surface area contributed by atoms with Gasteiger partial charge in [-0.25, -0.2) is 13.4 Å². The highest BCUT2D eigenvalue weighted by atomic mass is 79.9. The SMILES string of the molecule is Cc1cc(N)c(C)c(S(=O)(=O)Nc2ccc(Br)cn2)c1. The van der Waals surface area contributed by atoms with Crippen LogP contribution in [0.5, 0.6) is 0 Å². The second-order valence-corrected chi connectivity index (χ2v) is 7.01. The van der Waals surface area contributed by atoms with E-state index in [1.165, 1.54) is 6.20 Å². The van der Waals surface area contributed by atoms with Crippen LogP contribution in [0.15, 0.2) is 39.8 Å². The van der Waals surface area contributed by atoms with E-state index in [0.29, 0.717) is 11.3 Å². The Labute approximate surface area is 126 Å². The first-order valence-corrected chi connectivity index (χ1v) is 8.08. The van der Waals surface area contributed by atoms with Gasteiger partial charge in [0, 0.05) is 16.4 Å². The summed E-state index contributed by atoms with van der Waals surface area (Å²) in [6, 6.07) is 6.62. The molecule has 7 heteroatoms. The second-order valence-electron chi connectivity index (χ2n) is 4.44. The Morgan fingerprint density at radius 3 is 2.55 bits per heavy atom. The minimum absolute atomic E-state index is 0.166. The Bertz CT molecular complexity index is 743. The number of nitrogen functional groups attached to an aromatic ring is 1. The molecule has 0 fully saturated rings. The van der Waals surface area contributed by atoms with Crippen LogP contribution in [0, 0.1) is 13.8 Å². The summed E-state index contributed by atoms with van der Waals surface area (Å²) in [6.07, 6.45) is 1.52. The average Bonchev–Trinajstić information content (AvgIpc) is 2.36. The van der Waals surface area contributed by atoms with Crippen molar-refractivity contribution in [3.05, 3.63) is 46.1 Å². The number of rotatable bonds is 3. The molecule has 20 heavy (non-hydrogen) atoms. The molecule has 2 rings (SSSR count). The Morgan fingerprint density at radius 1 is 1.25 bits per heavy atom. The number of pyridine rings is 1. The molecule has 0 atom stereocenters. The van der Waals surface area contributed by atoms with Crippen molar-refractivity contribution >= 4 is 37.5 Å². The lowest BCUT2D eigenvalue weighted by Gasteiger charge is -2.12. The summed E-state index contributed by atoms with van der Waals surface area (Å²) >= 11 is 3.24. The third-order valence-electron chi connectivity index (χ3n) is 2.80. The Balaban J connectivity index is 2.43. The summed E-state index contributed by atoms with van der Waals surface area (Å²) in [7, 11) is -3.71. The standard InChI is InChI=1S/C13H14BrN3O2S/c1-8-5-11(15)9(2)12(6-8)20(18,19)17-13-4-3-10(14)7-16-13/h3-7H,15H2,1-2H3,(H,16,17). The van der Waals surface area contributed by atoms with Gasteiger partial charge in [0.2, 0.25) is 0 Å². The predicted octanol–water partition coefficient (Wildman–Crippen LogP) is 2.84. The fourth-order valence-corrected chi connectivity index (χ4v) is 3.36. The van der Waals surface area contributed by atoms with Crippen LogP contribution in [-0.4, -0.2) is 13.4 Å². The molecule has 0 amide bonds. The summed E-state index contributed by atoms with van der Waals surface area (Å²) in [4.78, 5) is 4.16. The fourth-order valence-electron chi connectivity index (χ4n) is 1.76. The molecule has 1 heterocycles. The zero-order chi connectivity index (χ0) is 14.9. The van der Waals surface area contributed by atoms with E-state index in [0.717, 1.165) is 10.0 Å². The van der Waals surface area contributed by atoms with Gasteiger partial charge in [0.05, 0.1) is 4.90 Å². The number of hydrogen-bond acceptors (Lipinski definition) is 4. The molecule has 0 bridgehead atoms. The number of nitrogens with one attached hydrogen (secondary N) is 1. The van der Waals surface area contributed by atoms with E-state index in [4.69, 9.17) is 5.73 Å². The van der Waals surface area contributed by atoms with E-state index in [1.807, 2.05) is 0 Å². The van der Waals surface area contributed by atoms with Crippen LogP contribution in [0.3, 0.4) is 0 Å². The Morgan fingerprint density at radius 2 is 1.95 bits per heavy atom. The molecule has 0 unspecified atom stereocenters. The number of aryl methyl sites for hydroxylation is 1. The van der Waals surface area contributed by atoms with E-state index in [9.17, 15) is 8.42 Å². The van der Waals surface area contributed by atoms with Crippen molar-refractivity contribution in [2.24, 2.45) is 0 Å². The fraction of sp³-hybridized carbons (Fsp3) is 0.154. The van der Waals surface area contributed by atoms with Crippen LogP contribution in [0.2, 0.25) is 0 Å². The third kappa shape index (κ3) is 3.10. The zero-order valence-corrected chi connectivity index (χ0v) is 13.4. The number of halogens is 1. The van der Waals surface area contributed by atoms with E-state index >= 15 is 0 Å². The quantitative estimate of drug-likeness (QED) is 0.829. The first-order valence-electron chi connectivity index (χ1n) is 5.81. The van der Waals surface area contributed by atoms with Crippen molar-refractivity contribution in [2.75, 3.05) is 10.5 Å². The lowest BCUT2D eigenvalue weighted by molar-refractivity contribution is 0.600. The number of aromatic nitrogens is 1. The van der Waals surface area contributed by atoms with Crippen LogP contribution >= 0.6 is 15.9 Å². The summed E-state index contributed by atoms with van der Waals surface area (Å²) < 4.78 is 28.0. The largest absolute Gasteiger partial charge is 0.398 e. The summed E-state index contributed by atoms with van der Waals surface area (Å²) in [5, 5.41) is 0. The number of benzene rings is 1. The highest BCUT2D eigenvalue weighted by Crippen LogP contribution is 2.24. The van der Waals surface area contributed by atoms with Crippen molar-refractivity contribution in [2.45, 2.75) is 18.7 Å².